The summed E-state index contributed by atoms with van der Waals surface area (Å²) < 4.78 is 10.9. The van der Waals surface area contributed by atoms with Crippen molar-refractivity contribution < 1.29 is 14.1 Å². The number of nitrogens with zero attached hydrogens (tertiary/aromatic N) is 4. The maximum absolute atomic E-state index is 12.3. The van der Waals surface area contributed by atoms with Crippen LogP contribution in [0.1, 0.15) is 12.8 Å². The van der Waals surface area contributed by atoms with Crippen LogP contribution >= 0.6 is 0 Å². The van der Waals surface area contributed by atoms with E-state index in [2.05, 4.69) is 25.4 Å². The monoisotopic (exact) mass is 375 g/mol. The van der Waals surface area contributed by atoms with Crippen molar-refractivity contribution in [1.82, 2.24) is 25.4 Å². The Morgan fingerprint density at radius 3 is 2.68 bits per heavy atom. The second-order valence-corrected chi connectivity index (χ2v) is 6.07. The van der Waals surface area contributed by atoms with Crippen molar-refractivity contribution in [2.75, 3.05) is 0 Å². The van der Waals surface area contributed by atoms with Crippen LogP contribution in [0.15, 0.2) is 65.4 Å². The Labute approximate surface area is 160 Å². The Morgan fingerprint density at radius 1 is 1.07 bits per heavy atom. The molecule has 0 fully saturated rings. The summed E-state index contributed by atoms with van der Waals surface area (Å²) in [4.78, 5) is 24.6. The van der Waals surface area contributed by atoms with Crippen LogP contribution in [0.5, 0.6) is 5.75 Å². The van der Waals surface area contributed by atoms with E-state index in [1.54, 1.807) is 25.4 Å². The van der Waals surface area contributed by atoms with E-state index in [4.69, 9.17) is 9.26 Å². The van der Waals surface area contributed by atoms with Crippen molar-refractivity contribution in [1.29, 1.82) is 0 Å². The van der Waals surface area contributed by atoms with Crippen LogP contribution in [0.3, 0.4) is 0 Å². The highest BCUT2D eigenvalue weighted by Gasteiger charge is 2.17. The predicted octanol–water partition coefficient (Wildman–Crippen LogP) is 2.76. The van der Waals surface area contributed by atoms with E-state index in [0.29, 0.717) is 11.6 Å². The molecule has 2 aromatic carbocycles. The van der Waals surface area contributed by atoms with Gasteiger partial charge in [-0.2, -0.15) is 4.98 Å². The van der Waals surface area contributed by atoms with Crippen molar-refractivity contribution in [3.8, 4) is 17.4 Å². The molecule has 140 valence electrons. The van der Waals surface area contributed by atoms with E-state index in [0.717, 1.165) is 10.8 Å². The maximum Gasteiger partial charge on any atom is 0.261 e. The summed E-state index contributed by atoms with van der Waals surface area (Å²) in [5.41, 5.74) is 0. The Kier molecular flexibility index (Phi) is 4.92. The number of hydrogen-bond donors (Lipinski definition) is 1. The number of fused-ring (bicyclic) bond motifs is 1. The first kappa shape index (κ1) is 17.6. The van der Waals surface area contributed by atoms with Gasteiger partial charge in [-0.1, -0.05) is 35.5 Å². The molecule has 0 aliphatic rings. The van der Waals surface area contributed by atoms with Crippen molar-refractivity contribution >= 4 is 16.7 Å². The Hall–Kier alpha value is -3.81. The Balaban J connectivity index is 1.35. The molecule has 4 rings (SSSR count). The van der Waals surface area contributed by atoms with E-state index in [1.807, 2.05) is 42.5 Å². The molecule has 1 atom stereocenters. The molecule has 0 aliphatic heterocycles. The van der Waals surface area contributed by atoms with Crippen LogP contribution in [-0.4, -0.2) is 32.1 Å². The molecule has 8 heteroatoms. The molecule has 0 aliphatic carbocycles. The third-order valence-electron chi connectivity index (χ3n) is 4.05. The molecule has 2 heterocycles. The zero-order chi connectivity index (χ0) is 19.3. The fourth-order valence-corrected chi connectivity index (χ4v) is 2.64. The van der Waals surface area contributed by atoms with Crippen LogP contribution in [0.2, 0.25) is 0 Å². The first-order valence-corrected chi connectivity index (χ1v) is 8.72. The maximum atomic E-state index is 12.3. The van der Waals surface area contributed by atoms with Crippen LogP contribution in [0.4, 0.5) is 0 Å². The number of carbonyl (C=O) groups is 1. The lowest BCUT2D eigenvalue weighted by molar-refractivity contribution is -0.127. The summed E-state index contributed by atoms with van der Waals surface area (Å²) >= 11 is 0. The van der Waals surface area contributed by atoms with E-state index >= 15 is 0 Å². The molecule has 2 aromatic heterocycles. The van der Waals surface area contributed by atoms with Gasteiger partial charge in [0.15, 0.2) is 6.10 Å². The number of rotatable bonds is 6. The molecule has 28 heavy (non-hydrogen) atoms. The molecule has 8 nitrogen and oxygen atoms in total. The minimum absolute atomic E-state index is 0.0874. The summed E-state index contributed by atoms with van der Waals surface area (Å²) in [6.07, 6.45) is 2.50. The molecule has 0 radical (unpaired) electrons. The average molecular weight is 375 g/mol. The number of hydrogen-bond acceptors (Lipinski definition) is 7. The standard InChI is InChI=1S/C20H17N5O3/c1-13(27-16-8-7-14-5-2-3-6-15(14)11-16)20(26)23-12-17-24-19(25-28-17)18-21-9-4-10-22-18/h2-11,13H,12H2,1H3,(H,23,26)/t13-/m1/s1. The van der Waals surface area contributed by atoms with Gasteiger partial charge in [0.2, 0.25) is 17.5 Å². The van der Waals surface area contributed by atoms with Gasteiger partial charge in [-0.25, -0.2) is 9.97 Å². The number of benzene rings is 2. The molecular formula is C20H17N5O3. The van der Waals surface area contributed by atoms with Crippen molar-refractivity contribution in [2.45, 2.75) is 19.6 Å². The minimum atomic E-state index is -0.680. The fraction of sp³-hybridized carbons (Fsp3) is 0.150. The summed E-state index contributed by atoms with van der Waals surface area (Å²) in [5.74, 6) is 1.22. The van der Waals surface area contributed by atoms with Gasteiger partial charge in [-0.05, 0) is 35.9 Å². The second kappa shape index (κ2) is 7.83. The third-order valence-corrected chi connectivity index (χ3v) is 4.05. The topological polar surface area (TPSA) is 103 Å². The van der Waals surface area contributed by atoms with Crippen molar-refractivity contribution in [3.05, 3.63) is 66.8 Å². The predicted molar refractivity (Wildman–Crippen MR) is 101 cm³/mol. The van der Waals surface area contributed by atoms with Gasteiger partial charge in [0.05, 0.1) is 6.54 Å². The average Bonchev–Trinajstić information content (AvgIpc) is 3.21. The fourth-order valence-electron chi connectivity index (χ4n) is 2.64. The quantitative estimate of drug-likeness (QED) is 0.553. The highest BCUT2D eigenvalue weighted by atomic mass is 16.5. The SMILES string of the molecule is C[C@@H](Oc1ccc2ccccc2c1)C(=O)NCc1nc(-c2ncccn2)no1. The normalized spacial score (nSPS) is 11.9. The van der Waals surface area contributed by atoms with Gasteiger partial charge in [0, 0.05) is 12.4 Å². The molecule has 1 amide bonds. The number of carbonyl (C=O) groups excluding carboxylic acids is 1. The molecular weight excluding hydrogens is 358 g/mol. The van der Waals surface area contributed by atoms with E-state index in [1.165, 1.54) is 0 Å². The van der Waals surface area contributed by atoms with Gasteiger partial charge < -0.3 is 14.6 Å². The lowest BCUT2D eigenvalue weighted by Gasteiger charge is -2.14. The number of ether oxygens (including phenoxy) is 1. The van der Waals surface area contributed by atoms with Gasteiger partial charge in [-0.15, -0.1) is 0 Å². The summed E-state index contributed by atoms with van der Waals surface area (Å²) in [5, 5.41) is 8.69. The first-order chi connectivity index (χ1) is 13.7. The van der Waals surface area contributed by atoms with Crippen molar-refractivity contribution in [2.24, 2.45) is 0 Å². The van der Waals surface area contributed by atoms with Crippen LogP contribution in [0, 0.1) is 0 Å². The third kappa shape index (κ3) is 3.96. The van der Waals surface area contributed by atoms with Crippen molar-refractivity contribution in [3.63, 3.8) is 0 Å². The molecule has 0 saturated carbocycles. The molecule has 0 bridgehead atoms. The smallest absolute Gasteiger partial charge is 0.261 e. The van der Waals surface area contributed by atoms with Crippen LogP contribution in [-0.2, 0) is 11.3 Å². The number of nitrogens with one attached hydrogen (secondary N) is 1. The first-order valence-electron chi connectivity index (χ1n) is 8.72. The van der Waals surface area contributed by atoms with Gasteiger partial charge in [0.1, 0.15) is 5.75 Å². The van der Waals surface area contributed by atoms with Gasteiger partial charge in [-0.3, -0.25) is 4.79 Å². The molecule has 0 unspecified atom stereocenters. The lowest BCUT2D eigenvalue weighted by atomic mass is 10.1. The minimum Gasteiger partial charge on any atom is -0.481 e. The summed E-state index contributed by atoms with van der Waals surface area (Å²) in [7, 11) is 0. The molecule has 0 spiro atoms. The zero-order valence-corrected chi connectivity index (χ0v) is 15.1. The summed E-state index contributed by atoms with van der Waals surface area (Å²) in [6, 6.07) is 15.4. The van der Waals surface area contributed by atoms with E-state index in [9.17, 15) is 4.79 Å². The highest BCUT2D eigenvalue weighted by molar-refractivity contribution is 5.84. The second-order valence-electron chi connectivity index (χ2n) is 6.07. The highest BCUT2D eigenvalue weighted by Crippen LogP contribution is 2.21. The zero-order valence-electron chi connectivity index (χ0n) is 15.1. The van der Waals surface area contributed by atoms with E-state index < -0.39 is 6.10 Å². The van der Waals surface area contributed by atoms with Crippen LogP contribution in [0.25, 0.3) is 22.4 Å². The number of amides is 1. The number of aromatic nitrogens is 4. The largest absolute Gasteiger partial charge is 0.481 e. The Bertz CT molecular complexity index is 1100. The Morgan fingerprint density at radius 2 is 1.86 bits per heavy atom. The van der Waals surface area contributed by atoms with Gasteiger partial charge in [0.25, 0.3) is 5.91 Å². The molecule has 4 aromatic rings. The van der Waals surface area contributed by atoms with Gasteiger partial charge >= 0.3 is 0 Å². The molecule has 1 N–H and O–H groups in total. The molecule has 0 saturated heterocycles. The lowest BCUT2D eigenvalue weighted by Crippen LogP contribution is -2.36. The van der Waals surface area contributed by atoms with Crippen LogP contribution < -0.4 is 10.1 Å². The summed E-state index contributed by atoms with van der Waals surface area (Å²) in [6.45, 7) is 1.77. The van der Waals surface area contributed by atoms with E-state index in [-0.39, 0.29) is 24.2 Å².